The van der Waals surface area contributed by atoms with Crippen LogP contribution in [0.2, 0.25) is 0 Å². The fraction of sp³-hybridized carbons (Fsp3) is 0.333. The number of aryl methyl sites for hydroxylation is 2. The lowest BCUT2D eigenvalue weighted by Gasteiger charge is -2.27. The van der Waals surface area contributed by atoms with Crippen LogP contribution in [0.15, 0.2) is 35.1 Å². The molecule has 0 saturated heterocycles. The number of urea groups is 1. The van der Waals surface area contributed by atoms with Crippen LogP contribution < -0.4 is 15.4 Å². The third-order valence-corrected chi connectivity index (χ3v) is 6.93. The summed E-state index contributed by atoms with van der Waals surface area (Å²) in [5.41, 5.74) is 3.92. The smallest absolute Gasteiger partial charge is 0.318 e. The van der Waals surface area contributed by atoms with Gasteiger partial charge in [0.1, 0.15) is 23.1 Å². The van der Waals surface area contributed by atoms with Gasteiger partial charge in [-0.1, -0.05) is 23.4 Å². The number of anilines is 1. The molecule has 4 rings (SSSR count). The number of nitrogens with one attached hydrogen (secondary N) is 2. The maximum atomic E-state index is 12.6. The molecule has 3 heterocycles. The Balaban J connectivity index is 1.38. The number of carbonyl (C=O) groups excluding carboxylic acids is 2. The van der Waals surface area contributed by atoms with E-state index in [4.69, 9.17) is 9.26 Å². The average Bonchev–Trinajstić information content (AvgIpc) is 3.42. The summed E-state index contributed by atoms with van der Waals surface area (Å²) < 4.78 is 10.2. The second-order valence-corrected chi connectivity index (χ2v) is 9.04. The molecular formula is C24H25N5O4S. The maximum absolute atomic E-state index is 12.6. The second kappa shape index (κ2) is 10.4. The molecule has 0 radical (unpaired) electrons. The number of amides is 3. The molecule has 34 heavy (non-hydrogen) atoms. The van der Waals surface area contributed by atoms with Crippen molar-refractivity contribution in [3.05, 3.63) is 63.4 Å². The summed E-state index contributed by atoms with van der Waals surface area (Å²) in [5.74, 6) is 0.580. The number of nitriles is 1. The first-order chi connectivity index (χ1) is 16.5. The molecule has 3 amide bonds. The number of rotatable bonds is 7. The fourth-order valence-electron chi connectivity index (χ4n) is 3.90. The van der Waals surface area contributed by atoms with E-state index in [2.05, 4.69) is 21.9 Å². The quantitative estimate of drug-likeness (QED) is 0.532. The van der Waals surface area contributed by atoms with Crippen molar-refractivity contribution in [2.45, 2.75) is 39.3 Å². The van der Waals surface area contributed by atoms with Crippen LogP contribution in [-0.4, -0.2) is 35.6 Å². The lowest BCUT2D eigenvalue weighted by atomic mass is 10.0. The first kappa shape index (κ1) is 23.3. The van der Waals surface area contributed by atoms with Crippen molar-refractivity contribution < 1.29 is 18.8 Å². The van der Waals surface area contributed by atoms with Crippen molar-refractivity contribution in [2.75, 3.05) is 19.0 Å². The summed E-state index contributed by atoms with van der Waals surface area (Å²) in [6.07, 6.45) is 2.88. The molecule has 0 spiro atoms. The average molecular weight is 480 g/mol. The molecule has 1 aliphatic rings. The lowest BCUT2D eigenvalue weighted by Crippen LogP contribution is -2.42. The monoisotopic (exact) mass is 479 g/mol. The number of aromatic nitrogens is 1. The highest BCUT2D eigenvalue weighted by molar-refractivity contribution is 7.16. The summed E-state index contributed by atoms with van der Waals surface area (Å²) in [6, 6.07) is 9.63. The number of carbonyl (C=O) groups is 2. The Morgan fingerprint density at radius 2 is 2.15 bits per heavy atom. The van der Waals surface area contributed by atoms with Crippen molar-refractivity contribution in [3.63, 3.8) is 0 Å². The highest BCUT2D eigenvalue weighted by atomic mass is 32.1. The van der Waals surface area contributed by atoms with E-state index in [1.807, 2.05) is 31.2 Å². The van der Waals surface area contributed by atoms with Gasteiger partial charge in [-0.05, 0) is 37.0 Å². The van der Waals surface area contributed by atoms with Gasteiger partial charge in [0.05, 0.1) is 24.9 Å². The van der Waals surface area contributed by atoms with E-state index in [0.29, 0.717) is 43.0 Å². The molecule has 10 heteroatoms. The first-order valence-electron chi connectivity index (χ1n) is 10.9. The van der Waals surface area contributed by atoms with Gasteiger partial charge in [0.2, 0.25) is 5.91 Å². The number of methoxy groups -OCH3 is 1. The molecule has 9 nitrogen and oxygen atoms in total. The molecule has 3 aromatic rings. The number of para-hydroxylation sites is 1. The third-order valence-electron chi connectivity index (χ3n) is 5.80. The van der Waals surface area contributed by atoms with E-state index < -0.39 is 0 Å². The topological polar surface area (TPSA) is 120 Å². The van der Waals surface area contributed by atoms with E-state index in [9.17, 15) is 14.9 Å². The molecule has 0 fully saturated rings. The zero-order valence-electron chi connectivity index (χ0n) is 19.0. The third kappa shape index (κ3) is 5.05. The molecule has 176 valence electrons. The fourth-order valence-corrected chi connectivity index (χ4v) is 5.13. The van der Waals surface area contributed by atoms with Crippen molar-refractivity contribution >= 4 is 28.3 Å². The van der Waals surface area contributed by atoms with Crippen LogP contribution in [-0.2, 0) is 30.7 Å². The molecule has 1 aliphatic heterocycles. The normalized spacial score (nSPS) is 12.6. The van der Waals surface area contributed by atoms with Crippen LogP contribution in [0.4, 0.5) is 9.80 Å². The molecule has 0 saturated carbocycles. The van der Waals surface area contributed by atoms with Crippen LogP contribution in [0.1, 0.15) is 39.2 Å². The van der Waals surface area contributed by atoms with E-state index in [1.165, 1.54) is 17.6 Å². The largest absolute Gasteiger partial charge is 0.496 e. The van der Waals surface area contributed by atoms with Gasteiger partial charge in [-0.2, -0.15) is 5.26 Å². The highest BCUT2D eigenvalue weighted by Gasteiger charge is 2.27. The van der Waals surface area contributed by atoms with E-state index >= 15 is 0 Å². The van der Waals surface area contributed by atoms with Gasteiger partial charge in [-0.3, -0.25) is 4.79 Å². The predicted octanol–water partition coefficient (Wildman–Crippen LogP) is 3.76. The summed E-state index contributed by atoms with van der Waals surface area (Å²) >= 11 is 1.36. The van der Waals surface area contributed by atoms with Gasteiger partial charge in [0, 0.05) is 30.0 Å². The number of ether oxygens (including phenoxy) is 1. The molecule has 1 aromatic carbocycles. The van der Waals surface area contributed by atoms with Crippen LogP contribution in [0.25, 0.3) is 0 Å². The molecule has 0 atom stereocenters. The Morgan fingerprint density at radius 1 is 1.32 bits per heavy atom. The number of hydrogen-bond acceptors (Lipinski definition) is 7. The molecule has 2 N–H and O–H groups in total. The van der Waals surface area contributed by atoms with Crippen molar-refractivity contribution in [1.29, 1.82) is 5.26 Å². The number of thiophene rings is 1. The zero-order valence-corrected chi connectivity index (χ0v) is 19.8. The molecular weight excluding hydrogens is 454 g/mol. The minimum absolute atomic E-state index is 0.167. The minimum atomic E-state index is -0.194. The summed E-state index contributed by atoms with van der Waals surface area (Å²) in [6.45, 7) is 3.03. The molecule has 0 aliphatic carbocycles. The van der Waals surface area contributed by atoms with Gasteiger partial charge < -0.3 is 24.8 Å². The number of benzene rings is 1. The second-order valence-electron chi connectivity index (χ2n) is 7.94. The zero-order chi connectivity index (χ0) is 24.1. The summed E-state index contributed by atoms with van der Waals surface area (Å²) in [7, 11) is 1.60. The molecule has 0 bridgehead atoms. The van der Waals surface area contributed by atoms with Crippen LogP contribution in [0.3, 0.4) is 0 Å². The lowest BCUT2D eigenvalue weighted by molar-refractivity contribution is -0.116. The van der Waals surface area contributed by atoms with Gasteiger partial charge >= 0.3 is 6.03 Å². The first-order valence-corrected chi connectivity index (χ1v) is 11.7. The van der Waals surface area contributed by atoms with Crippen LogP contribution in [0, 0.1) is 18.3 Å². The van der Waals surface area contributed by atoms with Crippen molar-refractivity contribution in [3.8, 4) is 11.8 Å². The number of nitrogens with zero attached hydrogens (tertiary/aromatic N) is 3. The summed E-state index contributed by atoms with van der Waals surface area (Å²) in [5, 5.41) is 19.9. The van der Waals surface area contributed by atoms with E-state index in [1.54, 1.807) is 12.0 Å². The van der Waals surface area contributed by atoms with Crippen molar-refractivity contribution in [1.82, 2.24) is 15.4 Å². The Morgan fingerprint density at radius 3 is 2.88 bits per heavy atom. The SMILES string of the molecule is COc1ccccc1CCC(=O)Nc1sc2c(c1C#N)CCN(C(=O)NCc1conc1C)C2. The van der Waals surface area contributed by atoms with E-state index in [0.717, 1.165) is 33.0 Å². The van der Waals surface area contributed by atoms with Crippen LogP contribution >= 0.6 is 11.3 Å². The van der Waals surface area contributed by atoms with Crippen LogP contribution in [0.5, 0.6) is 5.75 Å². The van der Waals surface area contributed by atoms with Gasteiger partial charge in [-0.15, -0.1) is 11.3 Å². The Hall–Kier alpha value is -3.84. The number of fused-ring (bicyclic) bond motifs is 1. The predicted molar refractivity (Wildman–Crippen MR) is 127 cm³/mol. The maximum Gasteiger partial charge on any atom is 0.318 e. The van der Waals surface area contributed by atoms with E-state index in [-0.39, 0.29) is 18.4 Å². The molecule has 0 unspecified atom stereocenters. The van der Waals surface area contributed by atoms with Gasteiger partial charge in [-0.25, -0.2) is 4.79 Å². The van der Waals surface area contributed by atoms with Gasteiger partial charge in [0.25, 0.3) is 0 Å². The molecule has 2 aromatic heterocycles. The Kier molecular flexibility index (Phi) is 7.13. The minimum Gasteiger partial charge on any atom is -0.496 e. The number of hydrogen-bond donors (Lipinski definition) is 2. The highest BCUT2D eigenvalue weighted by Crippen LogP contribution is 2.36. The standard InChI is InChI=1S/C24H25N5O4S/c1-15-17(14-33-28-15)12-26-24(31)29-10-9-18-19(11-25)23(34-21(18)13-29)27-22(30)8-7-16-5-3-4-6-20(16)32-2/h3-6,14H,7-10,12-13H2,1-2H3,(H,26,31)(H,27,30). The van der Waals surface area contributed by atoms with Crippen molar-refractivity contribution in [2.24, 2.45) is 0 Å². The summed E-state index contributed by atoms with van der Waals surface area (Å²) in [4.78, 5) is 27.9. The van der Waals surface area contributed by atoms with Gasteiger partial charge in [0.15, 0.2) is 0 Å². The Bertz CT molecular complexity index is 1240. The Labute approximate surface area is 201 Å².